The van der Waals surface area contributed by atoms with Crippen molar-refractivity contribution >= 4 is 44.3 Å². The highest BCUT2D eigenvalue weighted by Crippen LogP contribution is 2.28. The zero-order valence-corrected chi connectivity index (χ0v) is 20.5. The van der Waals surface area contributed by atoms with Crippen molar-refractivity contribution in [2.45, 2.75) is 40.2 Å². The summed E-state index contributed by atoms with van der Waals surface area (Å²) in [4.78, 5) is 29.8. The molecule has 6 nitrogen and oxygen atoms in total. The van der Waals surface area contributed by atoms with Crippen molar-refractivity contribution < 1.29 is 9.59 Å². The zero-order chi connectivity index (χ0) is 24.2. The molecule has 4 rings (SSSR count). The maximum Gasteiger partial charge on any atom is 0.321 e. The molecule has 1 atom stereocenters. The van der Waals surface area contributed by atoms with E-state index in [0.717, 1.165) is 44.6 Å². The Morgan fingerprint density at radius 1 is 0.941 bits per heavy atom. The monoisotopic (exact) mass is 472 g/mol. The standard InChI is InChI=1S/C27H28N4O2S/c1-16-12-17(2)24(18(3)13-16)30-25(32)21-10-11-22-23(15-21)34-27(29-22)31-26(33)28-19(4)14-20-8-6-5-7-9-20/h5-13,15,19H,14H2,1-4H3,(H,30,32)(H2,28,29,31,33). The summed E-state index contributed by atoms with van der Waals surface area (Å²) in [6, 6.07) is 19.2. The molecule has 4 aromatic rings. The first-order chi connectivity index (χ1) is 16.3. The smallest absolute Gasteiger partial charge is 0.321 e. The molecule has 0 aliphatic rings. The van der Waals surface area contributed by atoms with E-state index < -0.39 is 0 Å². The largest absolute Gasteiger partial charge is 0.335 e. The molecule has 3 N–H and O–H groups in total. The number of hydrogen-bond donors (Lipinski definition) is 3. The molecule has 0 saturated heterocycles. The molecule has 3 amide bonds. The molecule has 0 spiro atoms. The second-order valence-electron chi connectivity index (χ2n) is 8.62. The van der Waals surface area contributed by atoms with Crippen LogP contribution in [0.4, 0.5) is 15.6 Å². The molecule has 7 heteroatoms. The Bertz CT molecular complexity index is 1320. The summed E-state index contributed by atoms with van der Waals surface area (Å²) in [7, 11) is 0. The summed E-state index contributed by atoms with van der Waals surface area (Å²) >= 11 is 1.34. The zero-order valence-electron chi connectivity index (χ0n) is 19.7. The van der Waals surface area contributed by atoms with Crippen LogP contribution in [-0.2, 0) is 6.42 Å². The Kier molecular flexibility index (Phi) is 6.93. The first kappa shape index (κ1) is 23.4. The number of anilines is 2. The van der Waals surface area contributed by atoms with Gasteiger partial charge in [-0.2, -0.15) is 0 Å². The molecule has 1 unspecified atom stereocenters. The normalized spacial score (nSPS) is 11.8. The van der Waals surface area contributed by atoms with Crippen molar-refractivity contribution in [3.8, 4) is 0 Å². The SMILES string of the molecule is Cc1cc(C)c(NC(=O)c2ccc3nc(NC(=O)NC(C)Cc4ccccc4)sc3c2)c(C)c1. The van der Waals surface area contributed by atoms with Gasteiger partial charge < -0.3 is 10.6 Å². The van der Waals surface area contributed by atoms with Gasteiger partial charge in [-0.15, -0.1) is 0 Å². The molecular weight excluding hydrogens is 444 g/mol. The number of hydrogen-bond acceptors (Lipinski definition) is 4. The van der Waals surface area contributed by atoms with E-state index in [1.165, 1.54) is 11.3 Å². The van der Waals surface area contributed by atoms with E-state index in [4.69, 9.17) is 0 Å². The van der Waals surface area contributed by atoms with E-state index in [-0.39, 0.29) is 18.0 Å². The molecule has 34 heavy (non-hydrogen) atoms. The van der Waals surface area contributed by atoms with E-state index in [1.807, 2.05) is 64.1 Å². The molecule has 0 saturated carbocycles. The molecule has 0 fully saturated rings. The van der Waals surface area contributed by atoms with Crippen molar-refractivity contribution in [2.24, 2.45) is 0 Å². The lowest BCUT2D eigenvalue weighted by Crippen LogP contribution is -2.37. The van der Waals surface area contributed by atoms with E-state index in [9.17, 15) is 9.59 Å². The van der Waals surface area contributed by atoms with E-state index in [0.29, 0.717) is 10.7 Å². The van der Waals surface area contributed by atoms with Gasteiger partial charge in [-0.3, -0.25) is 10.1 Å². The summed E-state index contributed by atoms with van der Waals surface area (Å²) in [5, 5.41) is 9.28. The van der Waals surface area contributed by atoms with Crippen molar-refractivity contribution in [2.75, 3.05) is 10.6 Å². The highest BCUT2D eigenvalue weighted by molar-refractivity contribution is 7.22. The van der Waals surface area contributed by atoms with Crippen LogP contribution in [-0.4, -0.2) is 23.0 Å². The highest BCUT2D eigenvalue weighted by Gasteiger charge is 2.14. The van der Waals surface area contributed by atoms with Gasteiger partial charge in [-0.25, -0.2) is 9.78 Å². The van der Waals surface area contributed by atoms with Gasteiger partial charge in [0.15, 0.2) is 5.13 Å². The molecular formula is C27H28N4O2S. The topological polar surface area (TPSA) is 83.1 Å². The third kappa shape index (κ3) is 5.61. The number of rotatable bonds is 6. The van der Waals surface area contributed by atoms with Crippen LogP contribution in [0.1, 0.15) is 39.5 Å². The van der Waals surface area contributed by atoms with Crippen LogP contribution in [0.2, 0.25) is 0 Å². The second-order valence-corrected chi connectivity index (χ2v) is 9.65. The molecule has 1 heterocycles. The van der Waals surface area contributed by atoms with E-state index >= 15 is 0 Å². The third-order valence-corrected chi connectivity index (χ3v) is 6.48. The van der Waals surface area contributed by atoms with E-state index in [2.05, 4.69) is 33.1 Å². The number of carbonyl (C=O) groups excluding carboxylic acids is 2. The average Bonchev–Trinajstić information content (AvgIpc) is 3.17. The number of amides is 3. The Labute approximate surface area is 203 Å². The summed E-state index contributed by atoms with van der Waals surface area (Å²) < 4.78 is 0.831. The van der Waals surface area contributed by atoms with Gasteiger partial charge in [-0.1, -0.05) is 59.4 Å². The van der Waals surface area contributed by atoms with Crippen LogP contribution < -0.4 is 16.0 Å². The number of aryl methyl sites for hydroxylation is 3. The number of carbonyl (C=O) groups is 2. The number of benzene rings is 3. The number of nitrogens with zero attached hydrogens (tertiary/aromatic N) is 1. The summed E-state index contributed by atoms with van der Waals surface area (Å²) in [6.45, 7) is 7.99. The Morgan fingerprint density at radius 3 is 2.35 bits per heavy atom. The molecule has 0 aliphatic carbocycles. The van der Waals surface area contributed by atoms with E-state index in [1.54, 1.807) is 12.1 Å². The highest BCUT2D eigenvalue weighted by atomic mass is 32.1. The summed E-state index contributed by atoms with van der Waals surface area (Å²) in [6.07, 6.45) is 0.743. The molecule has 0 aliphatic heterocycles. The van der Waals surface area contributed by atoms with Crippen LogP contribution in [0.15, 0.2) is 60.7 Å². The van der Waals surface area contributed by atoms with Gasteiger partial charge in [0, 0.05) is 17.3 Å². The maximum absolute atomic E-state index is 12.9. The van der Waals surface area contributed by atoms with Crippen LogP contribution in [0.5, 0.6) is 0 Å². The molecule has 0 bridgehead atoms. The minimum absolute atomic E-state index is 0.0271. The predicted molar refractivity (Wildman–Crippen MR) is 140 cm³/mol. The quantitative estimate of drug-likeness (QED) is 0.311. The Morgan fingerprint density at radius 2 is 1.65 bits per heavy atom. The Balaban J connectivity index is 1.41. The van der Waals surface area contributed by atoms with Gasteiger partial charge in [0.1, 0.15) is 0 Å². The third-order valence-electron chi connectivity index (χ3n) is 5.55. The van der Waals surface area contributed by atoms with Gasteiger partial charge in [0.25, 0.3) is 5.91 Å². The van der Waals surface area contributed by atoms with Gasteiger partial charge in [0.05, 0.1) is 10.2 Å². The van der Waals surface area contributed by atoms with Crippen LogP contribution in [0.25, 0.3) is 10.2 Å². The first-order valence-corrected chi connectivity index (χ1v) is 12.0. The van der Waals surface area contributed by atoms with Crippen molar-refractivity contribution in [3.05, 3.63) is 88.5 Å². The average molecular weight is 473 g/mol. The van der Waals surface area contributed by atoms with Gasteiger partial charge >= 0.3 is 6.03 Å². The van der Waals surface area contributed by atoms with Crippen LogP contribution >= 0.6 is 11.3 Å². The van der Waals surface area contributed by atoms with Gasteiger partial charge in [0.2, 0.25) is 0 Å². The van der Waals surface area contributed by atoms with Crippen molar-refractivity contribution in [1.29, 1.82) is 0 Å². The van der Waals surface area contributed by atoms with Crippen LogP contribution in [0.3, 0.4) is 0 Å². The second kappa shape index (κ2) is 10.1. The maximum atomic E-state index is 12.9. The lowest BCUT2D eigenvalue weighted by molar-refractivity contribution is 0.102. The number of fused-ring (bicyclic) bond motifs is 1. The van der Waals surface area contributed by atoms with Crippen LogP contribution in [0, 0.1) is 20.8 Å². The van der Waals surface area contributed by atoms with Crippen molar-refractivity contribution in [3.63, 3.8) is 0 Å². The fourth-order valence-electron chi connectivity index (χ4n) is 4.06. The fourth-order valence-corrected chi connectivity index (χ4v) is 4.96. The molecule has 3 aromatic carbocycles. The van der Waals surface area contributed by atoms with Crippen molar-refractivity contribution in [1.82, 2.24) is 10.3 Å². The number of urea groups is 1. The molecule has 0 radical (unpaired) electrons. The number of nitrogens with one attached hydrogen (secondary N) is 3. The first-order valence-electron chi connectivity index (χ1n) is 11.2. The summed E-state index contributed by atoms with van der Waals surface area (Å²) in [5.41, 5.74) is 6.51. The predicted octanol–water partition coefficient (Wildman–Crippen LogP) is 6.23. The Hall–Kier alpha value is -3.71. The number of aromatic nitrogens is 1. The minimum Gasteiger partial charge on any atom is -0.335 e. The minimum atomic E-state index is -0.300. The summed E-state index contributed by atoms with van der Waals surface area (Å²) in [5.74, 6) is -0.174. The lowest BCUT2D eigenvalue weighted by atomic mass is 10.0. The molecule has 174 valence electrons. The number of thiazole rings is 1. The van der Waals surface area contributed by atoms with Gasteiger partial charge in [-0.05, 0) is 69.0 Å². The fraction of sp³-hybridized carbons (Fsp3) is 0.222. The molecule has 1 aromatic heterocycles. The lowest BCUT2D eigenvalue weighted by Gasteiger charge is -2.13.